The summed E-state index contributed by atoms with van der Waals surface area (Å²) in [4.78, 5) is 25.9. The Morgan fingerprint density at radius 1 is 1.00 bits per heavy atom. The Balaban J connectivity index is 2.86. The number of rotatable bonds is 8. The van der Waals surface area contributed by atoms with Gasteiger partial charge in [-0.1, -0.05) is 0 Å². The van der Waals surface area contributed by atoms with Gasteiger partial charge in [-0.25, -0.2) is 0 Å². The molecule has 30 heavy (non-hydrogen) atoms. The van der Waals surface area contributed by atoms with Crippen molar-refractivity contribution in [2.45, 2.75) is 49.3 Å². The molecule has 0 saturated heterocycles. The van der Waals surface area contributed by atoms with Crippen LogP contribution in [0.25, 0.3) is 0 Å². The van der Waals surface area contributed by atoms with Crippen LogP contribution in [-0.2, 0) is 19.1 Å². The Morgan fingerprint density at radius 3 is 1.83 bits per heavy atom. The summed E-state index contributed by atoms with van der Waals surface area (Å²) in [5, 5.41) is 20.6. The number of nitriles is 2. The Bertz CT molecular complexity index is 835. The average Bonchev–Trinajstić information content (AvgIpc) is 2.80. The van der Waals surface area contributed by atoms with Crippen molar-refractivity contribution in [2.75, 3.05) is 14.2 Å². The number of nitrogens with zero attached hydrogens (tertiary/aromatic N) is 2. The third-order valence-corrected chi connectivity index (χ3v) is 16.8. The van der Waals surface area contributed by atoms with E-state index in [1.165, 1.54) is 14.2 Å². The number of carbonyl (C=O) groups is 2. The molecule has 1 fully saturated rings. The maximum atomic E-state index is 13.2. The van der Waals surface area contributed by atoms with Gasteiger partial charge >= 0.3 is 186 Å². The number of ether oxygens (including phenoxy) is 2. The molecule has 1 aromatic rings. The van der Waals surface area contributed by atoms with E-state index in [1.54, 1.807) is 0 Å². The number of esters is 2. The van der Waals surface area contributed by atoms with Gasteiger partial charge in [0.05, 0.1) is 0 Å². The second-order valence-electron chi connectivity index (χ2n) is 7.58. The van der Waals surface area contributed by atoms with E-state index in [0.717, 1.165) is 22.6 Å². The maximum absolute atomic E-state index is 13.2. The number of benzene rings is 1. The number of hydrogen-bond acceptors (Lipinski definition) is 6. The van der Waals surface area contributed by atoms with Crippen molar-refractivity contribution < 1.29 is 19.1 Å². The Morgan fingerprint density at radius 2 is 1.47 bits per heavy atom. The molecule has 8 heteroatoms. The van der Waals surface area contributed by atoms with Gasteiger partial charge in [0.2, 0.25) is 0 Å². The van der Waals surface area contributed by atoms with Crippen LogP contribution in [0, 0.1) is 33.5 Å². The quantitative estimate of drug-likeness (QED) is 0.315. The third-order valence-electron chi connectivity index (χ3n) is 6.96. The SMILES string of the molecule is CC[Si](CC)(CC)[C@@H]1[C@@H]([Se]c2ccccc2)C(C(=O)OC)(C(=O)OC)C1(C#N)C#N. The fourth-order valence-corrected chi connectivity index (χ4v) is 15.5. The molecule has 0 radical (unpaired) electrons. The number of methoxy groups -OCH3 is 2. The Hall–Kier alpha value is -2.12. The molecule has 0 aromatic heterocycles. The molecule has 1 aromatic carbocycles. The molecule has 0 N–H and O–H groups in total. The first kappa shape index (κ1) is 24.1. The van der Waals surface area contributed by atoms with E-state index in [9.17, 15) is 20.1 Å². The fraction of sp³-hybridized carbons (Fsp3) is 0.545. The first-order valence-corrected chi connectivity index (χ1v) is 14.6. The van der Waals surface area contributed by atoms with Crippen LogP contribution in [0.5, 0.6) is 0 Å². The molecule has 1 saturated carbocycles. The van der Waals surface area contributed by atoms with Gasteiger partial charge in [0, 0.05) is 0 Å². The van der Waals surface area contributed by atoms with Gasteiger partial charge in [0.15, 0.2) is 0 Å². The van der Waals surface area contributed by atoms with Crippen molar-refractivity contribution in [3.63, 3.8) is 0 Å². The third kappa shape index (κ3) is 3.10. The Kier molecular flexibility index (Phi) is 7.52. The van der Waals surface area contributed by atoms with Crippen LogP contribution in [0.4, 0.5) is 0 Å². The summed E-state index contributed by atoms with van der Waals surface area (Å²) < 4.78 is 11.1. The zero-order valence-electron chi connectivity index (χ0n) is 18.1. The van der Waals surface area contributed by atoms with Crippen molar-refractivity contribution in [2.24, 2.45) is 10.8 Å². The number of hydrogen-bond donors (Lipinski definition) is 0. The zero-order valence-corrected chi connectivity index (χ0v) is 20.8. The molecule has 0 spiro atoms. The molecule has 160 valence electrons. The van der Waals surface area contributed by atoms with Gasteiger partial charge in [0.25, 0.3) is 0 Å². The van der Waals surface area contributed by atoms with Crippen LogP contribution in [0.1, 0.15) is 20.8 Å². The van der Waals surface area contributed by atoms with Gasteiger partial charge in [-0.3, -0.25) is 0 Å². The topological polar surface area (TPSA) is 100 Å². The van der Waals surface area contributed by atoms with Gasteiger partial charge in [0.1, 0.15) is 0 Å². The molecule has 2 rings (SSSR count). The van der Waals surface area contributed by atoms with Crippen LogP contribution in [-0.4, -0.2) is 49.2 Å². The normalized spacial score (nSPS) is 21.4. The monoisotopic (exact) mass is 492 g/mol. The first-order chi connectivity index (χ1) is 14.3. The minimum atomic E-state index is -2.18. The molecule has 0 unspecified atom stereocenters. The molecular formula is C22H28N2O4SeSi. The van der Waals surface area contributed by atoms with Crippen LogP contribution in [0.3, 0.4) is 0 Å². The van der Waals surface area contributed by atoms with Crippen molar-refractivity contribution in [3.05, 3.63) is 30.3 Å². The van der Waals surface area contributed by atoms with E-state index in [1.807, 2.05) is 30.3 Å². The van der Waals surface area contributed by atoms with Gasteiger partial charge in [-0.2, -0.15) is 0 Å². The van der Waals surface area contributed by atoms with Crippen molar-refractivity contribution in [1.82, 2.24) is 0 Å². The summed E-state index contributed by atoms with van der Waals surface area (Å²) in [6.07, 6.45) is 0. The predicted octanol–water partition coefficient (Wildman–Crippen LogP) is 3.06. The summed E-state index contributed by atoms with van der Waals surface area (Å²) in [5.74, 6) is -1.69. The van der Waals surface area contributed by atoms with Gasteiger partial charge in [-0.15, -0.1) is 0 Å². The van der Waals surface area contributed by atoms with E-state index in [2.05, 4.69) is 32.9 Å². The van der Waals surface area contributed by atoms with E-state index < -0.39 is 35.7 Å². The second-order valence-corrected chi connectivity index (χ2v) is 15.6. The van der Waals surface area contributed by atoms with Crippen molar-refractivity contribution >= 4 is 39.4 Å². The number of carbonyl (C=O) groups excluding carboxylic acids is 2. The van der Waals surface area contributed by atoms with Crippen LogP contribution in [0.2, 0.25) is 28.5 Å². The summed E-state index contributed by atoms with van der Waals surface area (Å²) in [6, 6.07) is 16.5. The standard InChI is InChI=1S/C22H28N2O4SeSi/c1-6-30(7-2,8-3)18-17(29-16-12-10-9-11-13-16)22(19(25)27-4,20(26)28-5)21(18,14-23)15-24/h9-13,17-18H,6-8H2,1-5H3/t17-,18-/m1/s1. The van der Waals surface area contributed by atoms with Crippen molar-refractivity contribution in [3.8, 4) is 12.1 Å². The van der Waals surface area contributed by atoms with Crippen LogP contribution >= 0.6 is 0 Å². The second kappa shape index (κ2) is 9.35. The molecule has 0 bridgehead atoms. The molecule has 0 aliphatic heterocycles. The molecular weight excluding hydrogens is 463 g/mol. The molecule has 1 aliphatic rings. The molecule has 1 aliphatic carbocycles. The summed E-state index contributed by atoms with van der Waals surface area (Å²) in [7, 11) is 0.203. The summed E-state index contributed by atoms with van der Waals surface area (Å²) >= 11 is -0.330. The van der Waals surface area contributed by atoms with E-state index in [4.69, 9.17) is 9.47 Å². The molecule has 2 atom stereocenters. The first-order valence-electron chi connectivity index (χ1n) is 10.1. The minimum absolute atomic E-state index is 0.321. The van der Waals surface area contributed by atoms with Crippen LogP contribution < -0.4 is 4.46 Å². The molecule has 6 nitrogen and oxygen atoms in total. The zero-order chi connectivity index (χ0) is 22.6. The summed E-state index contributed by atoms with van der Waals surface area (Å²) in [6.45, 7) is 6.30. The van der Waals surface area contributed by atoms with E-state index in [-0.39, 0.29) is 20.5 Å². The fourth-order valence-electron chi connectivity index (χ4n) is 5.14. The van der Waals surface area contributed by atoms with Crippen LogP contribution in [0.15, 0.2) is 30.3 Å². The molecule has 0 amide bonds. The van der Waals surface area contributed by atoms with E-state index in [0.29, 0.717) is 0 Å². The summed E-state index contributed by atoms with van der Waals surface area (Å²) in [5.41, 5.74) is -4.04. The molecule has 0 heterocycles. The van der Waals surface area contributed by atoms with Gasteiger partial charge in [-0.05, 0) is 0 Å². The van der Waals surface area contributed by atoms with Gasteiger partial charge < -0.3 is 0 Å². The predicted molar refractivity (Wildman–Crippen MR) is 117 cm³/mol. The Labute approximate surface area is 185 Å². The van der Waals surface area contributed by atoms with Crippen molar-refractivity contribution in [1.29, 1.82) is 10.5 Å². The average molecular weight is 492 g/mol. The van der Waals surface area contributed by atoms with E-state index >= 15 is 0 Å².